The Morgan fingerprint density at radius 2 is 2.33 bits per heavy atom. The highest BCUT2D eigenvalue weighted by Gasteiger charge is 2.28. The monoisotopic (exact) mass is 283 g/mol. The fraction of sp³-hybridized carbons (Fsp3) is 0.200. The van der Waals surface area contributed by atoms with Gasteiger partial charge in [-0.05, 0) is 6.07 Å². The molecule has 1 atom stereocenters. The van der Waals surface area contributed by atoms with Crippen molar-refractivity contribution in [2.45, 2.75) is 5.25 Å². The Hall–Kier alpha value is -1.67. The van der Waals surface area contributed by atoms with Gasteiger partial charge in [-0.25, -0.2) is 0 Å². The van der Waals surface area contributed by atoms with E-state index in [9.17, 15) is 14.9 Å². The summed E-state index contributed by atoms with van der Waals surface area (Å²) in [6, 6.07) is 6.14. The zero-order chi connectivity index (χ0) is 13.1. The number of amides is 1. The Labute approximate surface area is 112 Å². The third-order valence-corrected chi connectivity index (χ3v) is 3.69. The van der Waals surface area contributed by atoms with Crippen molar-refractivity contribution in [2.24, 2.45) is 0 Å². The summed E-state index contributed by atoms with van der Waals surface area (Å²) in [6.07, 6.45) is 0. The van der Waals surface area contributed by atoms with Crippen molar-refractivity contribution in [1.29, 1.82) is 0 Å². The number of benzene rings is 1. The van der Waals surface area contributed by atoms with Crippen molar-refractivity contribution in [3.63, 3.8) is 0 Å². The highest BCUT2D eigenvalue weighted by atomic mass is 32.2. The number of carbonyl (C=O) groups is 1. The fourth-order valence-electron chi connectivity index (χ4n) is 1.47. The van der Waals surface area contributed by atoms with Gasteiger partial charge in [0.2, 0.25) is 5.91 Å². The SMILES string of the molecule is O=C1NC(=S)SC1CNc1cccc([N+](=O)[O-])c1. The van der Waals surface area contributed by atoms with E-state index in [0.717, 1.165) is 0 Å². The van der Waals surface area contributed by atoms with Gasteiger partial charge in [-0.2, -0.15) is 0 Å². The van der Waals surface area contributed by atoms with Gasteiger partial charge in [-0.1, -0.05) is 30.0 Å². The second-order valence-electron chi connectivity index (χ2n) is 3.57. The molecule has 0 saturated carbocycles. The minimum Gasteiger partial charge on any atom is -0.383 e. The third kappa shape index (κ3) is 2.96. The van der Waals surface area contributed by atoms with Gasteiger partial charge in [0.1, 0.15) is 9.57 Å². The predicted octanol–water partition coefficient (Wildman–Crippen LogP) is 1.52. The minimum absolute atomic E-state index is 0.0130. The van der Waals surface area contributed by atoms with Crippen molar-refractivity contribution in [3.05, 3.63) is 34.4 Å². The van der Waals surface area contributed by atoms with Crippen LogP contribution in [0.1, 0.15) is 0 Å². The topological polar surface area (TPSA) is 84.3 Å². The van der Waals surface area contributed by atoms with E-state index < -0.39 is 4.92 Å². The van der Waals surface area contributed by atoms with E-state index in [2.05, 4.69) is 10.6 Å². The molecule has 1 aliphatic rings. The van der Waals surface area contributed by atoms with Crippen LogP contribution in [0.4, 0.5) is 11.4 Å². The summed E-state index contributed by atoms with van der Waals surface area (Å²) < 4.78 is 0.464. The summed E-state index contributed by atoms with van der Waals surface area (Å²) >= 11 is 6.15. The number of anilines is 1. The number of hydrogen-bond donors (Lipinski definition) is 2. The lowest BCUT2D eigenvalue weighted by Crippen LogP contribution is -2.28. The van der Waals surface area contributed by atoms with E-state index in [-0.39, 0.29) is 16.8 Å². The Kier molecular flexibility index (Phi) is 3.78. The van der Waals surface area contributed by atoms with Crippen LogP contribution >= 0.6 is 24.0 Å². The molecule has 0 radical (unpaired) electrons. The van der Waals surface area contributed by atoms with Crippen LogP contribution in [0.15, 0.2) is 24.3 Å². The fourth-order valence-corrected chi connectivity index (χ4v) is 2.67. The summed E-state index contributed by atoms with van der Waals surface area (Å²) in [6.45, 7) is 0.373. The molecule has 0 spiro atoms. The van der Waals surface area contributed by atoms with Gasteiger partial charge in [-0.15, -0.1) is 0 Å². The van der Waals surface area contributed by atoms with Crippen LogP contribution < -0.4 is 10.6 Å². The standard InChI is InChI=1S/C10H9N3O3S2/c14-9-8(18-10(17)12-9)5-11-6-2-1-3-7(4-6)13(15)16/h1-4,8,11H,5H2,(H,12,14,17). The van der Waals surface area contributed by atoms with Crippen molar-refractivity contribution in [1.82, 2.24) is 5.32 Å². The van der Waals surface area contributed by atoms with Crippen LogP contribution in [0.2, 0.25) is 0 Å². The number of hydrogen-bond acceptors (Lipinski definition) is 6. The first-order valence-corrected chi connectivity index (χ1v) is 6.35. The van der Waals surface area contributed by atoms with Crippen LogP contribution in [0.5, 0.6) is 0 Å². The van der Waals surface area contributed by atoms with Crippen LogP contribution in [0, 0.1) is 10.1 Å². The smallest absolute Gasteiger partial charge is 0.271 e. The maximum absolute atomic E-state index is 11.4. The number of thiocarbonyl (C=S) groups is 1. The van der Waals surface area contributed by atoms with Crippen LogP contribution in [0.25, 0.3) is 0 Å². The zero-order valence-corrected chi connectivity index (χ0v) is 10.7. The lowest BCUT2D eigenvalue weighted by Gasteiger charge is -2.08. The molecule has 1 fully saturated rings. The molecule has 1 aromatic carbocycles. The number of rotatable bonds is 4. The second-order valence-corrected chi connectivity index (χ2v) is 5.45. The average molecular weight is 283 g/mol. The first-order chi connectivity index (χ1) is 8.56. The van der Waals surface area contributed by atoms with Crippen LogP contribution in [-0.4, -0.2) is 26.9 Å². The van der Waals surface area contributed by atoms with Gasteiger partial charge in [0, 0.05) is 24.4 Å². The quantitative estimate of drug-likeness (QED) is 0.495. The van der Waals surface area contributed by atoms with E-state index in [1.807, 2.05) is 0 Å². The van der Waals surface area contributed by atoms with Crippen molar-refractivity contribution >= 4 is 45.6 Å². The van der Waals surface area contributed by atoms with Crippen molar-refractivity contribution in [3.8, 4) is 0 Å². The highest BCUT2D eigenvalue weighted by Crippen LogP contribution is 2.21. The van der Waals surface area contributed by atoms with E-state index in [1.54, 1.807) is 12.1 Å². The molecule has 0 aliphatic carbocycles. The molecule has 0 aromatic heterocycles. The molecule has 1 unspecified atom stereocenters. The number of nitro benzene ring substituents is 1. The Bertz CT molecular complexity index is 521. The van der Waals surface area contributed by atoms with E-state index in [0.29, 0.717) is 16.6 Å². The number of thioether (sulfide) groups is 1. The molecule has 18 heavy (non-hydrogen) atoms. The number of nitro groups is 1. The lowest BCUT2D eigenvalue weighted by molar-refractivity contribution is -0.384. The summed E-state index contributed by atoms with van der Waals surface area (Å²) in [5.41, 5.74) is 0.620. The maximum atomic E-state index is 11.4. The summed E-state index contributed by atoms with van der Waals surface area (Å²) in [7, 11) is 0. The van der Waals surface area contributed by atoms with Gasteiger partial charge in [0.15, 0.2) is 0 Å². The third-order valence-electron chi connectivity index (χ3n) is 2.32. The number of nitrogens with one attached hydrogen (secondary N) is 2. The normalized spacial score (nSPS) is 18.6. The van der Waals surface area contributed by atoms with Gasteiger partial charge in [-0.3, -0.25) is 14.9 Å². The predicted molar refractivity (Wildman–Crippen MR) is 73.7 cm³/mol. The van der Waals surface area contributed by atoms with E-state index in [4.69, 9.17) is 12.2 Å². The second kappa shape index (κ2) is 5.32. The molecule has 8 heteroatoms. The molecule has 1 amide bonds. The molecule has 2 rings (SSSR count). The Balaban J connectivity index is 1.98. The molecule has 1 aromatic rings. The average Bonchev–Trinajstić information content (AvgIpc) is 2.65. The molecule has 6 nitrogen and oxygen atoms in total. The summed E-state index contributed by atoms with van der Waals surface area (Å²) in [5.74, 6) is -0.136. The molecule has 1 heterocycles. The van der Waals surface area contributed by atoms with Gasteiger partial charge < -0.3 is 10.6 Å². The lowest BCUT2D eigenvalue weighted by atomic mass is 10.2. The molecular weight excluding hydrogens is 274 g/mol. The summed E-state index contributed by atoms with van der Waals surface area (Å²) in [5, 5.41) is 15.8. The zero-order valence-electron chi connectivity index (χ0n) is 9.08. The highest BCUT2D eigenvalue weighted by molar-refractivity contribution is 8.24. The molecular formula is C10H9N3O3S2. The molecule has 0 bridgehead atoms. The van der Waals surface area contributed by atoms with Crippen molar-refractivity contribution in [2.75, 3.05) is 11.9 Å². The van der Waals surface area contributed by atoms with Gasteiger partial charge in [0.05, 0.1) is 4.92 Å². The first-order valence-electron chi connectivity index (χ1n) is 5.06. The van der Waals surface area contributed by atoms with E-state index >= 15 is 0 Å². The summed E-state index contributed by atoms with van der Waals surface area (Å²) in [4.78, 5) is 21.6. The number of nitrogens with zero attached hydrogens (tertiary/aromatic N) is 1. The number of carbonyl (C=O) groups excluding carboxylic acids is 1. The van der Waals surface area contributed by atoms with Crippen LogP contribution in [0.3, 0.4) is 0 Å². The minimum atomic E-state index is -0.461. The maximum Gasteiger partial charge on any atom is 0.271 e. The van der Waals surface area contributed by atoms with E-state index in [1.165, 1.54) is 23.9 Å². The molecule has 1 saturated heterocycles. The Morgan fingerprint density at radius 1 is 1.56 bits per heavy atom. The largest absolute Gasteiger partial charge is 0.383 e. The Morgan fingerprint density at radius 3 is 2.94 bits per heavy atom. The number of non-ortho nitro benzene ring substituents is 1. The molecule has 2 N–H and O–H groups in total. The first kappa shape index (κ1) is 12.8. The van der Waals surface area contributed by atoms with Gasteiger partial charge >= 0.3 is 0 Å². The molecule has 1 aliphatic heterocycles. The van der Waals surface area contributed by atoms with Crippen LogP contribution in [-0.2, 0) is 4.79 Å². The molecule has 94 valence electrons. The van der Waals surface area contributed by atoms with Crippen molar-refractivity contribution < 1.29 is 9.72 Å². The van der Waals surface area contributed by atoms with Gasteiger partial charge in [0.25, 0.3) is 5.69 Å².